The first-order chi connectivity index (χ1) is 7.80. The average molecular weight is 241 g/mol. The lowest BCUT2D eigenvalue weighted by atomic mass is 9.57. The van der Waals surface area contributed by atoms with Gasteiger partial charge in [-0.15, -0.1) is 0 Å². The van der Waals surface area contributed by atoms with Crippen LogP contribution in [0.4, 0.5) is 0 Å². The van der Waals surface area contributed by atoms with Gasteiger partial charge in [0, 0.05) is 17.8 Å². The SMILES string of the molecule is CCC(CSC)NC1CCC12CCCCC2. The first-order valence-electron chi connectivity index (χ1n) is 7.06. The lowest BCUT2D eigenvalue weighted by Gasteiger charge is -2.53. The number of rotatable bonds is 5. The van der Waals surface area contributed by atoms with Crippen LogP contribution in [0, 0.1) is 5.41 Å². The van der Waals surface area contributed by atoms with Crippen molar-refractivity contribution in [2.24, 2.45) is 5.41 Å². The van der Waals surface area contributed by atoms with Crippen molar-refractivity contribution < 1.29 is 0 Å². The number of hydrogen-bond donors (Lipinski definition) is 1. The molecule has 2 heteroatoms. The first-order valence-corrected chi connectivity index (χ1v) is 8.45. The van der Waals surface area contributed by atoms with Gasteiger partial charge in [-0.05, 0) is 43.8 Å². The Hall–Kier alpha value is 0.310. The third-order valence-corrected chi connectivity index (χ3v) is 5.55. The molecule has 0 saturated heterocycles. The van der Waals surface area contributed by atoms with E-state index in [-0.39, 0.29) is 0 Å². The Bertz CT molecular complexity index is 211. The summed E-state index contributed by atoms with van der Waals surface area (Å²) in [5.74, 6) is 1.28. The molecule has 2 rings (SSSR count). The van der Waals surface area contributed by atoms with Gasteiger partial charge in [-0.25, -0.2) is 0 Å². The van der Waals surface area contributed by atoms with E-state index < -0.39 is 0 Å². The predicted molar refractivity (Wildman–Crippen MR) is 74.1 cm³/mol. The van der Waals surface area contributed by atoms with Gasteiger partial charge >= 0.3 is 0 Å². The third kappa shape index (κ3) is 2.59. The molecule has 1 nitrogen and oxygen atoms in total. The molecule has 2 atom stereocenters. The van der Waals surface area contributed by atoms with Gasteiger partial charge in [0.1, 0.15) is 0 Å². The molecule has 0 aromatic rings. The lowest BCUT2D eigenvalue weighted by Crippen LogP contribution is -2.57. The molecule has 0 aromatic heterocycles. The van der Waals surface area contributed by atoms with Crippen LogP contribution >= 0.6 is 11.8 Å². The van der Waals surface area contributed by atoms with E-state index in [1.54, 1.807) is 0 Å². The van der Waals surface area contributed by atoms with E-state index in [2.05, 4.69) is 18.5 Å². The van der Waals surface area contributed by atoms with Crippen molar-refractivity contribution in [1.82, 2.24) is 5.32 Å². The fraction of sp³-hybridized carbons (Fsp3) is 1.00. The van der Waals surface area contributed by atoms with Crippen LogP contribution in [0.1, 0.15) is 58.3 Å². The fourth-order valence-corrected chi connectivity index (χ4v) is 4.32. The smallest absolute Gasteiger partial charge is 0.0158 e. The van der Waals surface area contributed by atoms with Crippen LogP contribution in [0.2, 0.25) is 0 Å². The van der Waals surface area contributed by atoms with Gasteiger partial charge in [0.15, 0.2) is 0 Å². The number of nitrogens with one attached hydrogen (secondary N) is 1. The van der Waals surface area contributed by atoms with Gasteiger partial charge in [0.25, 0.3) is 0 Å². The standard InChI is InChI=1S/C14H27NS/c1-3-12(11-16-2)15-13-7-10-14(13)8-5-4-6-9-14/h12-13,15H,3-11H2,1-2H3. The molecule has 0 bridgehead atoms. The molecule has 0 heterocycles. The maximum absolute atomic E-state index is 3.94. The lowest BCUT2D eigenvalue weighted by molar-refractivity contribution is 0.0177. The number of thioether (sulfide) groups is 1. The van der Waals surface area contributed by atoms with E-state index in [1.807, 2.05) is 11.8 Å². The van der Waals surface area contributed by atoms with E-state index >= 15 is 0 Å². The molecule has 1 N–H and O–H groups in total. The Labute approximate surface area is 105 Å². The summed E-state index contributed by atoms with van der Waals surface area (Å²) in [5, 5.41) is 3.94. The van der Waals surface area contributed by atoms with Gasteiger partial charge in [0.05, 0.1) is 0 Å². The highest BCUT2D eigenvalue weighted by Crippen LogP contribution is 2.51. The molecule has 16 heavy (non-hydrogen) atoms. The van der Waals surface area contributed by atoms with Crippen LogP contribution in [0.15, 0.2) is 0 Å². The van der Waals surface area contributed by atoms with Crippen molar-refractivity contribution in [2.45, 2.75) is 70.4 Å². The molecule has 2 saturated carbocycles. The van der Waals surface area contributed by atoms with Gasteiger partial charge in [-0.1, -0.05) is 26.2 Å². The van der Waals surface area contributed by atoms with Crippen LogP contribution in [-0.2, 0) is 0 Å². The molecule has 94 valence electrons. The van der Waals surface area contributed by atoms with Crippen molar-refractivity contribution in [3.05, 3.63) is 0 Å². The molecule has 2 aliphatic carbocycles. The zero-order chi connectivity index (χ0) is 11.4. The summed E-state index contributed by atoms with van der Waals surface area (Å²) < 4.78 is 0. The molecule has 0 amide bonds. The maximum atomic E-state index is 3.94. The normalized spacial score (nSPS) is 30.0. The highest BCUT2D eigenvalue weighted by molar-refractivity contribution is 7.98. The summed E-state index contributed by atoms with van der Waals surface area (Å²) in [6.45, 7) is 2.32. The number of hydrogen-bond acceptors (Lipinski definition) is 2. The van der Waals surface area contributed by atoms with Gasteiger partial charge in [0.2, 0.25) is 0 Å². The monoisotopic (exact) mass is 241 g/mol. The minimum Gasteiger partial charge on any atom is -0.310 e. The third-order valence-electron chi connectivity index (χ3n) is 4.82. The van der Waals surface area contributed by atoms with Crippen LogP contribution < -0.4 is 5.32 Å². The zero-order valence-corrected chi connectivity index (χ0v) is 11.7. The molecule has 2 aliphatic rings. The Morgan fingerprint density at radius 3 is 2.50 bits per heavy atom. The van der Waals surface area contributed by atoms with Crippen LogP contribution in [0.3, 0.4) is 0 Å². The quantitative estimate of drug-likeness (QED) is 0.785. The summed E-state index contributed by atoms with van der Waals surface area (Å²) in [6.07, 6.45) is 13.9. The van der Waals surface area contributed by atoms with Crippen molar-refractivity contribution in [2.75, 3.05) is 12.0 Å². The molecule has 0 radical (unpaired) electrons. The average Bonchev–Trinajstić information content (AvgIpc) is 2.34. The fourth-order valence-electron chi connectivity index (χ4n) is 3.58. The van der Waals surface area contributed by atoms with Crippen molar-refractivity contribution in [3.8, 4) is 0 Å². The summed E-state index contributed by atoms with van der Waals surface area (Å²) in [6, 6.07) is 1.60. The molecule has 2 fully saturated rings. The topological polar surface area (TPSA) is 12.0 Å². The summed E-state index contributed by atoms with van der Waals surface area (Å²) >= 11 is 1.98. The van der Waals surface area contributed by atoms with Crippen LogP contribution in [-0.4, -0.2) is 24.1 Å². The van der Waals surface area contributed by atoms with Gasteiger partial charge in [-0.2, -0.15) is 11.8 Å². The second-order valence-electron chi connectivity index (χ2n) is 5.74. The summed E-state index contributed by atoms with van der Waals surface area (Å²) in [7, 11) is 0. The first kappa shape index (κ1) is 12.8. The maximum Gasteiger partial charge on any atom is 0.0158 e. The minimum absolute atomic E-state index is 0.726. The van der Waals surface area contributed by atoms with Crippen LogP contribution in [0.25, 0.3) is 0 Å². The second-order valence-corrected chi connectivity index (χ2v) is 6.65. The van der Waals surface area contributed by atoms with Gasteiger partial charge in [-0.3, -0.25) is 0 Å². The van der Waals surface area contributed by atoms with Crippen LogP contribution in [0.5, 0.6) is 0 Å². The Morgan fingerprint density at radius 2 is 2.00 bits per heavy atom. The van der Waals surface area contributed by atoms with Gasteiger partial charge < -0.3 is 5.32 Å². The summed E-state index contributed by atoms with van der Waals surface area (Å²) in [4.78, 5) is 0. The Balaban J connectivity index is 1.84. The van der Waals surface area contributed by atoms with E-state index in [9.17, 15) is 0 Å². The Kier molecular flexibility index (Phi) is 4.60. The molecular formula is C14H27NS. The van der Waals surface area contributed by atoms with E-state index in [1.165, 1.54) is 57.1 Å². The highest BCUT2D eigenvalue weighted by Gasteiger charge is 2.46. The molecular weight excluding hydrogens is 214 g/mol. The molecule has 0 aliphatic heterocycles. The zero-order valence-electron chi connectivity index (χ0n) is 10.9. The van der Waals surface area contributed by atoms with E-state index in [0.29, 0.717) is 0 Å². The minimum atomic E-state index is 0.726. The summed E-state index contributed by atoms with van der Waals surface area (Å²) in [5.41, 5.74) is 0.726. The van der Waals surface area contributed by atoms with Crippen molar-refractivity contribution in [3.63, 3.8) is 0 Å². The predicted octanol–water partition coefficient (Wildman–Crippen LogP) is 3.83. The largest absolute Gasteiger partial charge is 0.310 e. The highest BCUT2D eigenvalue weighted by atomic mass is 32.2. The molecule has 1 spiro atoms. The molecule has 2 unspecified atom stereocenters. The van der Waals surface area contributed by atoms with E-state index in [4.69, 9.17) is 0 Å². The van der Waals surface area contributed by atoms with Crippen molar-refractivity contribution in [1.29, 1.82) is 0 Å². The van der Waals surface area contributed by atoms with E-state index in [0.717, 1.165) is 17.5 Å². The van der Waals surface area contributed by atoms with Crippen molar-refractivity contribution >= 4 is 11.8 Å². The second kappa shape index (κ2) is 5.77. The molecule has 0 aromatic carbocycles. The Morgan fingerprint density at radius 1 is 1.25 bits per heavy atom.